The highest BCUT2D eigenvalue weighted by atomic mass is 35.5. The van der Waals surface area contributed by atoms with Gasteiger partial charge in [0.15, 0.2) is 29.0 Å². The number of nitrogen functional groups attached to an aromatic ring is 1. The summed E-state index contributed by atoms with van der Waals surface area (Å²) >= 11 is 5.92. The van der Waals surface area contributed by atoms with E-state index in [1.165, 1.54) is 11.1 Å². The van der Waals surface area contributed by atoms with E-state index in [4.69, 9.17) is 31.8 Å². The lowest BCUT2D eigenvalue weighted by atomic mass is 10.1. The number of aromatic nitrogens is 10. The molecule has 2 aromatic carbocycles. The Morgan fingerprint density at radius 2 is 1.32 bits per heavy atom. The smallest absolute Gasteiger partial charge is 0.248 e. The third-order valence-electron chi connectivity index (χ3n) is 11.5. The van der Waals surface area contributed by atoms with E-state index in [1.54, 1.807) is 23.4 Å². The summed E-state index contributed by atoms with van der Waals surface area (Å²) in [5.74, 6) is 4.75. The summed E-state index contributed by atoms with van der Waals surface area (Å²) < 4.78 is 18.4. The van der Waals surface area contributed by atoms with Crippen LogP contribution in [0, 0.1) is 13.8 Å². The van der Waals surface area contributed by atoms with Crippen molar-refractivity contribution in [3.8, 4) is 22.9 Å². The number of nitrogens with zero attached hydrogens (tertiary/aromatic N) is 12. The topological polar surface area (TPSA) is 199 Å². The van der Waals surface area contributed by atoms with Gasteiger partial charge in [0.05, 0.1) is 56.6 Å². The van der Waals surface area contributed by atoms with Crippen LogP contribution in [0.15, 0.2) is 98.1 Å². The molecule has 0 saturated carbocycles. The minimum Gasteiger partial charge on any atom is -0.490 e. The summed E-state index contributed by atoms with van der Waals surface area (Å²) in [6.07, 6.45) is 15.0. The van der Waals surface area contributed by atoms with Crippen molar-refractivity contribution in [3.05, 3.63) is 115 Å². The van der Waals surface area contributed by atoms with Gasteiger partial charge in [-0.15, -0.1) is 10.2 Å². The molecular formula is C46H55ClN14O4. The van der Waals surface area contributed by atoms with Crippen molar-refractivity contribution >= 4 is 51.9 Å². The first-order valence-corrected chi connectivity index (χ1v) is 22.2. The molecule has 18 nitrogen and oxygen atoms in total. The predicted octanol–water partition coefficient (Wildman–Crippen LogP) is 6.83. The molecule has 2 aliphatic rings. The number of anilines is 5. The van der Waals surface area contributed by atoms with Gasteiger partial charge in [-0.1, -0.05) is 6.07 Å². The molecule has 0 unspecified atom stereocenters. The lowest BCUT2D eigenvalue weighted by molar-refractivity contribution is 0.266. The van der Waals surface area contributed by atoms with Gasteiger partial charge < -0.3 is 49.7 Å². The number of rotatable bonds is 12. The van der Waals surface area contributed by atoms with E-state index in [0.717, 1.165) is 84.3 Å². The molecule has 0 spiro atoms. The van der Waals surface area contributed by atoms with Gasteiger partial charge in [0, 0.05) is 37.2 Å². The fraction of sp³-hybridized carbons (Fsp3) is 0.348. The number of imidazole rings is 2. The molecule has 2 atom stereocenters. The van der Waals surface area contributed by atoms with E-state index in [0.29, 0.717) is 30.8 Å². The zero-order chi connectivity index (χ0) is 45.5. The van der Waals surface area contributed by atoms with Gasteiger partial charge in [0.1, 0.15) is 29.5 Å². The highest BCUT2D eigenvalue weighted by Gasteiger charge is 2.28. The molecule has 65 heavy (non-hydrogen) atoms. The van der Waals surface area contributed by atoms with E-state index in [-0.39, 0.29) is 30.6 Å². The zero-order valence-electron chi connectivity index (χ0n) is 37.0. The van der Waals surface area contributed by atoms with E-state index in [9.17, 15) is 10.2 Å². The molecule has 2 aliphatic heterocycles. The van der Waals surface area contributed by atoms with Crippen LogP contribution in [0.1, 0.15) is 50.7 Å². The van der Waals surface area contributed by atoms with E-state index in [1.807, 2.05) is 88.6 Å². The van der Waals surface area contributed by atoms with Crippen LogP contribution in [0.2, 0.25) is 5.28 Å². The van der Waals surface area contributed by atoms with Gasteiger partial charge in [0.2, 0.25) is 11.2 Å². The molecule has 2 fully saturated rings. The first kappa shape index (κ1) is 44.7. The first-order valence-electron chi connectivity index (χ1n) is 21.9. The van der Waals surface area contributed by atoms with Crippen molar-refractivity contribution in [3.63, 3.8) is 0 Å². The van der Waals surface area contributed by atoms with Crippen LogP contribution in [-0.2, 0) is 0 Å². The summed E-state index contributed by atoms with van der Waals surface area (Å²) in [6.45, 7) is 11.4. The molecule has 6 aromatic heterocycles. The Bertz CT molecular complexity index is 2840. The number of nitrogens with two attached hydrogens (primary N) is 1. The second-order valence-electron chi connectivity index (χ2n) is 15.7. The maximum Gasteiger partial charge on any atom is 0.248 e. The number of aliphatic hydroxyl groups is 2. The maximum absolute atomic E-state index is 9.75. The molecular weight excluding hydrogens is 848 g/mol. The van der Waals surface area contributed by atoms with Crippen molar-refractivity contribution in [1.29, 1.82) is 0 Å². The van der Waals surface area contributed by atoms with Crippen LogP contribution < -0.4 is 30.3 Å². The molecule has 2 saturated heterocycles. The molecule has 0 radical (unpaired) electrons. The molecule has 8 aromatic rings. The number of fused-ring (bicyclic) bond motifs is 2. The van der Waals surface area contributed by atoms with E-state index < -0.39 is 0 Å². The number of nitrogens with one attached hydrogen (secondary N) is 1. The molecule has 5 N–H and O–H groups in total. The number of ether oxygens (including phenoxy) is 2. The summed E-state index contributed by atoms with van der Waals surface area (Å²) in [4.78, 5) is 21.8. The first-order chi connectivity index (χ1) is 31.7. The fourth-order valence-corrected chi connectivity index (χ4v) is 8.27. The number of halogens is 1. The number of aliphatic hydroxyl groups excluding tert-OH is 2. The average Bonchev–Trinajstić information content (AvgIpc) is 4.17. The minimum atomic E-state index is 0.0930. The molecule has 340 valence electrons. The van der Waals surface area contributed by atoms with Crippen LogP contribution in [-0.4, -0.2) is 110 Å². The Hall–Kier alpha value is -6.89. The van der Waals surface area contributed by atoms with Crippen molar-refractivity contribution in [1.82, 2.24) is 48.3 Å². The fourth-order valence-electron chi connectivity index (χ4n) is 8.10. The standard InChI is InChI=1S/C22H25N7O.C13H17N3O2.C11H13ClN4O/c1-15-7-8-17(11-16(15)2)27-12-20(23-14-27)24-22-25-21(19-6-4-10-29(19)26-22)28-9-3-5-18(28)13-30;1-3-17-11-6-5-10(7-12(11)18-4-2)16-8-13(14)15-9-16;12-11-13-10(9-4-2-6-16(9)14-11)15-5-1-3-8(15)7-17/h4,6-8,10-12,14,18,30H,3,5,9,13H2,1-2H3,(H,24,26);5-9H,3-4,14H2,1-2H3;2,4,6,8,17H,1,3,5,7H2/t18-;;8-/m0.0/s1. The SMILES string of the molecule is CCOc1ccc(-n2cnc(N)c2)cc1OCC.Cc1ccc(-n2cnc(Nc3nc(N4CCC[C@H]4CO)c4cccn4n3)c2)cc1C.OC[C@@H]1CCCN1c1nc(Cl)nn2cccc12. The van der Waals surface area contributed by atoms with Gasteiger partial charge in [-0.25, -0.2) is 19.0 Å². The predicted molar refractivity (Wildman–Crippen MR) is 253 cm³/mol. The van der Waals surface area contributed by atoms with E-state index >= 15 is 0 Å². The lowest BCUT2D eigenvalue weighted by Gasteiger charge is -2.25. The minimum absolute atomic E-state index is 0.0930. The Balaban J connectivity index is 0.000000142. The van der Waals surface area contributed by atoms with Crippen molar-refractivity contribution in [2.24, 2.45) is 0 Å². The van der Waals surface area contributed by atoms with Crippen LogP contribution >= 0.6 is 11.6 Å². The van der Waals surface area contributed by atoms with Crippen molar-refractivity contribution in [2.45, 2.75) is 65.5 Å². The second-order valence-corrected chi connectivity index (χ2v) is 16.1. The molecule has 10 rings (SSSR count). The third-order valence-corrected chi connectivity index (χ3v) is 11.6. The monoisotopic (exact) mass is 902 g/mol. The Labute approximate surface area is 381 Å². The Kier molecular flexibility index (Phi) is 14.0. The highest BCUT2D eigenvalue weighted by molar-refractivity contribution is 6.28. The molecule has 0 aliphatic carbocycles. The maximum atomic E-state index is 9.75. The van der Waals surface area contributed by atoms with Crippen LogP contribution in [0.5, 0.6) is 11.5 Å². The number of hydrogen-bond acceptors (Lipinski definition) is 14. The lowest BCUT2D eigenvalue weighted by Crippen LogP contribution is -2.33. The molecule has 0 amide bonds. The van der Waals surface area contributed by atoms with Crippen molar-refractivity contribution < 1.29 is 19.7 Å². The molecule has 19 heteroatoms. The van der Waals surface area contributed by atoms with E-state index in [2.05, 4.69) is 72.3 Å². The normalized spacial score (nSPS) is 15.8. The second kappa shape index (κ2) is 20.3. The summed E-state index contributed by atoms with van der Waals surface area (Å²) in [7, 11) is 0. The Morgan fingerprint density at radius 3 is 1.95 bits per heavy atom. The van der Waals surface area contributed by atoms with Crippen molar-refractivity contribution in [2.75, 3.05) is 60.4 Å². The quantitative estimate of drug-likeness (QED) is 0.0995. The molecule has 8 heterocycles. The van der Waals surface area contributed by atoms with Gasteiger partial charge in [-0.2, -0.15) is 9.97 Å². The van der Waals surface area contributed by atoms with Gasteiger partial charge in [-0.05, 0) is 125 Å². The third kappa shape index (κ3) is 10.1. The number of hydrogen-bond donors (Lipinski definition) is 4. The summed E-state index contributed by atoms with van der Waals surface area (Å²) in [5.41, 5.74) is 12.0. The van der Waals surface area contributed by atoms with Gasteiger partial charge in [0.25, 0.3) is 0 Å². The van der Waals surface area contributed by atoms with Gasteiger partial charge >= 0.3 is 0 Å². The summed E-state index contributed by atoms with van der Waals surface area (Å²) in [5, 5.41) is 31.3. The van der Waals surface area contributed by atoms with Crippen LogP contribution in [0.25, 0.3) is 22.4 Å². The summed E-state index contributed by atoms with van der Waals surface area (Å²) in [6, 6.07) is 20.1. The zero-order valence-corrected chi connectivity index (χ0v) is 37.8. The average molecular weight is 903 g/mol. The van der Waals surface area contributed by atoms with Gasteiger partial charge in [-0.3, -0.25) is 0 Å². The number of benzene rings is 2. The molecule has 0 bridgehead atoms. The van der Waals surface area contributed by atoms with Crippen LogP contribution in [0.4, 0.5) is 29.2 Å². The Morgan fingerprint density at radius 1 is 0.723 bits per heavy atom. The highest BCUT2D eigenvalue weighted by Crippen LogP contribution is 2.32. The van der Waals surface area contributed by atoms with Crippen LogP contribution in [0.3, 0.4) is 0 Å². The number of aryl methyl sites for hydroxylation is 2. The largest absolute Gasteiger partial charge is 0.490 e.